The van der Waals surface area contributed by atoms with Crippen molar-refractivity contribution in [1.29, 1.82) is 0 Å². The maximum absolute atomic E-state index is 13.8. The highest BCUT2D eigenvalue weighted by Crippen LogP contribution is 2.22. The molecule has 0 saturated carbocycles. The van der Waals surface area contributed by atoms with Crippen molar-refractivity contribution in [3.8, 4) is 17.3 Å². The van der Waals surface area contributed by atoms with E-state index in [1.165, 1.54) is 23.1 Å². The minimum Gasteiger partial charge on any atom is -0.478 e. The van der Waals surface area contributed by atoms with Crippen molar-refractivity contribution in [3.63, 3.8) is 0 Å². The second-order valence-electron chi connectivity index (χ2n) is 10.6. The van der Waals surface area contributed by atoms with Crippen LogP contribution in [0.25, 0.3) is 11.4 Å². The summed E-state index contributed by atoms with van der Waals surface area (Å²) in [4.78, 5) is 63.3. The van der Waals surface area contributed by atoms with E-state index < -0.39 is 24.0 Å². The summed E-state index contributed by atoms with van der Waals surface area (Å²) < 4.78 is 16.5. The molecule has 2 aromatic carbocycles. The van der Waals surface area contributed by atoms with Crippen molar-refractivity contribution in [3.05, 3.63) is 77.5 Å². The Morgan fingerprint density at radius 1 is 1.00 bits per heavy atom. The third-order valence-corrected chi connectivity index (χ3v) is 7.50. The monoisotopic (exact) mass is 617 g/mol. The van der Waals surface area contributed by atoms with Crippen molar-refractivity contribution in [1.82, 2.24) is 25.1 Å². The molecule has 1 unspecified atom stereocenters. The molecule has 0 radical (unpaired) electrons. The average Bonchev–Trinajstić information content (AvgIpc) is 3.58. The minimum atomic E-state index is -1.07. The van der Waals surface area contributed by atoms with Crippen LogP contribution in [0.4, 0.5) is 4.79 Å². The van der Waals surface area contributed by atoms with E-state index in [4.69, 9.17) is 14.2 Å². The lowest BCUT2D eigenvalue weighted by atomic mass is 10.0. The number of carboxylic acid groups (broad SMARTS) is 1. The van der Waals surface area contributed by atoms with E-state index in [-0.39, 0.29) is 68.4 Å². The lowest BCUT2D eigenvalue weighted by molar-refractivity contribution is -0.134. The van der Waals surface area contributed by atoms with Crippen LogP contribution in [-0.4, -0.2) is 107 Å². The Balaban J connectivity index is 1.39. The molecule has 3 heterocycles. The lowest BCUT2D eigenvalue weighted by Gasteiger charge is -2.36. The molecule has 0 aliphatic carbocycles. The molecule has 13 nitrogen and oxygen atoms in total. The zero-order chi connectivity index (χ0) is 31.8. The van der Waals surface area contributed by atoms with Gasteiger partial charge in [0.25, 0.3) is 5.91 Å². The standard InChI is InChI=1S/C32H35N5O8/c1-2-44-32(42)37-15-13-36(14-16-37)30(39)26(18-21-8-10-23(11-9-21)31(40)41)34-29(38)25-19-27(45-24-12-17-43-20-24)35-28(33-25)22-6-4-3-5-7-22/h3-11,19,24,26H,2,12-18,20H2,1H3,(H,34,38)(H,40,41)/t24-,26?/m0/s1. The number of carbonyl (C=O) groups is 4. The topological polar surface area (TPSA) is 160 Å². The first-order chi connectivity index (χ1) is 21.8. The SMILES string of the molecule is CCOC(=O)N1CCN(C(=O)C(Cc2ccc(C(=O)O)cc2)NC(=O)c2cc(O[C@H]3CCOC3)nc(-c3ccccc3)n2)CC1. The molecule has 3 amide bonds. The Morgan fingerprint density at radius 3 is 2.36 bits per heavy atom. The molecule has 2 fully saturated rings. The number of carboxylic acids is 1. The first-order valence-electron chi connectivity index (χ1n) is 14.8. The van der Waals surface area contributed by atoms with Gasteiger partial charge in [0.15, 0.2) is 5.82 Å². The fourth-order valence-corrected chi connectivity index (χ4v) is 5.09. The van der Waals surface area contributed by atoms with Gasteiger partial charge in [0.2, 0.25) is 11.8 Å². The summed E-state index contributed by atoms with van der Waals surface area (Å²) in [5.41, 5.74) is 1.46. The Bertz CT molecular complexity index is 1500. The number of carbonyl (C=O) groups excluding carboxylic acids is 3. The molecule has 0 spiro atoms. The molecule has 3 aromatic rings. The maximum atomic E-state index is 13.8. The molecular formula is C32H35N5O8. The highest BCUT2D eigenvalue weighted by molar-refractivity contribution is 5.97. The highest BCUT2D eigenvalue weighted by Gasteiger charge is 2.31. The zero-order valence-corrected chi connectivity index (χ0v) is 24.9. The van der Waals surface area contributed by atoms with Crippen LogP contribution in [0.5, 0.6) is 5.88 Å². The van der Waals surface area contributed by atoms with Crippen molar-refractivity contribution >= 4 is 23.9 Å². The molecular weight excluding hydrogens is 582 g/mol. The molecule has 236 valence electrons. The number of hydrogen-bond acceptors (Lipinski definition) is 9. The van der Waals surface area contributed by atoms with Gasteiger partial charge in [-0.05, 0) is 24.6 Å². The summed E-state index contributed by atoms with van der Waals surface area (Å²) in [5, 5.41) is 12.1. The molecule has 45 heavy (non-hydrogen) atoms. The number of amides is 3. The van der Waals surface area contributed by atoms with Gasteiger partial charge >= 0.3 is 12.1 Å². The van der Waals surface area contributed by atoms with Crippen molar-refractivity contribution in [2.24, 2.45) is 0 Å². The van der Waals surface area contributed by atoms with E-state index in [2.05, 4.69) is 15.3 Å². The summed E-state index contributed by atoms with van der Waals surface area (Å²) in [5.74, 6) is -1.51. The van der Waals surface area contributed by atoms with Crippen LogP contribution in [0.2, 0.25) is 0 Å². The third kappa shape index (κ3) is 8.12. The molecule has 2 N–H and O–H groups in total. The van der Waals surface area contributed by atoms with Gasteiger partial charge in [-0.1, -0.05) is 42.5 Å². The predicted molar refractivity (Wildman–Crippen MR) is 161 cm³/mol. The first kappa shape index (κ1) is 31.4. The van der Waals surface area contributed by atoms with Gasteiger partial charge in [0.1, 0.15) is 17.8 Å². The summed E-state index contributed by atoms with van der Waals surface area (Å²) in [7, 11) is 0. The van der Waals surface area contributed by atoms with Gasteiger partial charge in [0, 0.05) is 50.7 Å². The average molecular weight is 618 g/mol. The van der Waals surface area contributed by atoms with Crippen LogP contribution in [0.3, 0.4) is 0 Å². The molecule has 2 saturated heterocycles. The van der Waals surface area contributed by atoms with Gasteiger partial charge in [-0.15, -0.1) is 0 Å². The van der Waals surface area contributed by atoms with Gasteiger partial charge in [-0.3, -0.25) is 9.59 Å². The number of aromatic nitrogens is 2. The van der Waals surface area contributed by atoms with Crippen LogP contribution in [-0.2, 0) is 20.7 Å². The fraction of sp³-hybridized carbons (Fsp3) is 0.375. The van der Waals surface area contributed by atoms with Crippen molar-refractivity contribution < 1.29 is 38.5 Å². The summed E-state index contributed by atoms with van der Waals surface area (Å²) in [6, 6.07) is 15.7. The normalized spacial score (nSPS) is 17.0. The van der Waals surface area contributed by atoms with E-state index in [0.717, 1.165) is 0 Å². The van der Waals surface area contributed by atoms with Gasteiger partial charge in [-0.25, -0.2) is 14.6 Å². The van der Waals surface area contributed by atoms with Crippen LogP contribution in [0.1, 0.15) is 39.8 Å². The molecule has 2 aliphatic heterocycles. The molecule has 2 atom stereocenters. The Morgan fingerprint density at radius 2 is 1.71 bits per heavy atom. The molecule has 0 bridgehead atoms. The first-order valence-corrected chi connectivity index (χ1v) is 14.8. The molecule has 1 aromatic heterocycles. The van der Waals surface area contributed by atoms with E-state index in [1.54, 1.807) is 24.0 Å². The number of hydrogen-bond donors (Lipinski definition) is 2. The van der Waals surface area contributed by atoms with E-state index in [1.807, 2.05) is 30.3 Å². The zero-order valence-electron chi connectivity index (χ0n) is 24.9. The van der Waals surface area contributed by atoms with Crippen LogP contribution in [0, 0.1) is 0 Å². The Hall–Kier alpha value is -5.04. The van der Waals surface area contributed by atoms with Crippen LogP contribution < -0.4 is 10.1 Å². The number of ether oxygens (including phenoxy) is 3. The summed E-state index contributed by atoms with van der Waals surface area (Å²) >= 11 is 0. The lowest BCUT2D eigenvalue weighted by Crippen LogP contribution is -2.56. The molecule has 13 heteroatoms. The molecule has 2 aliphatic rings. The van der Waals surface area contributed by atoms with Crippen LogP contribution in [0.15, 0.2) is 60.7 Å². The number of nitrogens with one attached hydrogen (secondary N) is 1. The number of benzene rings is 2. The smallest absolute Gasteiger partial charge is 0.409 e. The van der Waals surface area contributed by atoms with Crippen molar-refractivity contribution in [2.75, 3.05) is 46.0 Å². The quantitative estimate of drug-likeness (QED) is 0.346. The number of nitrogens with zero attached hydrogens (tertiary/aromatic N) is 4. The largest absolute Gasteiger partial charge is 0.478 e. The molecule has 5 rings (SSSR count). The third-order valence-electron chi connectivity index (χ3n) is 7.50. The fourth-order valence-electron chi connectivity index (χ4n) is 5.09. The number of piperazine rings is 1. The number of rotatable bonds is 10. The summed E-state index contributed by atoms with van der Waals surface area (Å²) in [6.45, 7) is 4.06. The van der Waals surface area contributed by atoms with Gasteiger partial charge in [-0.2, -0.15) is 4.98 Å². The Labute approximate surface area is 260 Å². The maximum Gasteiger partial charge on any atom is 0.409 e. The Kier molecular flexibility index (Phi) is 10.2. The van der Waals surface area contributed by atoms with Crippen molar-refractivity contribution in [2.45, 2.75) is 31.9 Å². The van der Waals surface area contributed by atoms with E-state index in [0.29, 0.717) is 36.6 Å². The van der Waals surface area contributed by atoms with Gasteiger partial charge in [0.05, 0.1) is 25.4 Å². The second kappa shape index (κ2) is 14.6. The van der Waals surface area contributed by atoms with E-state index in [9.17, 15) is 24.3 Å². The predicted octanol–water partition coefficient (Wildman–Crippen LogP) is 2.65. The highest BCUT2D eigenvalue weighted by atomic mass is 16.6. The van der Waals surface area contributed by atoms with E-state index >= 15 is 0 Å². The number of aromatic carboxylic acids is 1. The second-order valence-corrected chi connectivity index (χ2v) is 10.6. The van der Waals surface area contributed by atoms with Gasteiger partial charge < -0.3 is 34.4 Å². The summed E-state index contributed by atoms with van der Waals surface area (Å²) in [6.07, 6.45) is 0.137. The minimum absolute atomic E-state index is 0.0175. The van der Waals surface area contributed by atoms with Crippen LogP contribution >= 0.6 is 0 Å².